The maximum absolute atomic E-state index is 5.82. The van der Waals surface area contributed by atoms with Gasteiger partial charge in [0.2, 0.25) is 0 Å². The zero-order valence-corrected chi connectivity index (χ0v) is 11.4. The second kappa shape index (κ2) is 7.25. The Morgan fingerprint density at radius 1 is 1.44 bits per heavy atom. The van der Waals surface area contributed by atoms with Crippen LogP contribution in [0.5, 0.6) is 0 Å². The zero-order valence-electron chi connectivity index (χ0n) is 11.4. The molecule has 0 aromatic carbocycles. The average molecular weight is 228 g/mol. The lowest BCUT2D eigenvalue weighted by molar-refractivity contribution is -0.0432. The lowest BCUT2D eigenvalue weighted by Crippen LogP contribution is -2.48. The molecule has 16 heavy (non-hydrogen) atoms. The van der Waals surface area contributed by atoms with Gasteiger partial charge in [-0.3, -0.25) is 4.90 Å². The van der Waals surface area contributed by atoms with E-state index in [1.807, 2.05) is 0 Å². The number of hydrogen-bond donors (Lipinski definition) is 0. The van der Waals surface area contributed by atoms with Crippen molar-refractivity contribution >= 4 is 0 Å². The van der Waals surface area contributed by atoms with Gasteiger partial charge in [0, 0.05) is 26.2 Å². The highest BCUT2D eigenvalue weighted by Crippen LogP contribution is 2.09. The smallest absolute Gasteiger partial charge is 0.0829 e. The van der Waals surface area contributed by atoms with E-state index in [2.05, 4.69) is 37.6 Å². The lowest BCUT2D eigenvalue weighted by Gasteiger charge is -2.35. The standard InChI is InChI=1S/C13H28N2O/c1-5-6-14(4)10-13-11-15(7-8-16-13)9-12(2)3/h12-13H,5-11H2,1-4H3/t13-/m1/s1. The Kier molecular flexibility index (Phi) is 6.32. The Balaban J connectivity index is 2.27. The van der Waals surface area contributed by atoms with Gasteiger partial charge in [-0.2, -0.15) is 0 Å². The van der Waals surface area contributed by atoms with Crippen LogP contribution in [0.2, 0.25) is 0 Å². The molecule has 0 spiro atoms. The van der Waals surface area contributed by atoms with E-state index < -0.39 is 0 Å². The molecule has 0 N–H and O–H groups in total. The third-order valence-electron chi connectivity index (χ3n) is 2.97. The van der Waals surface area contributed by atoms with Crippen LogP contribution in [0.15, 0.2) is 0 Å². The summed E-state index contributed by atoms with van der Waals surface area (Å²) in [6.45, 7) is 13.4. The molecule has 0 aromatic rings. The zero-order chi connectivity index (χ0) is 12.0. The van der Waals surface area contributed by atoms with Gasteiger partial charge in [0.1, 0.15) is 0 Å². The van der Waals surface area contributed by atoms with Gasteiger partial charge >= 0.3 is 0 Å². The number of nitrogens with zero attached hydrogens (tertiary/aromatic N) is 2. The summed E-state index contributed by atoms with van der Waals surface area (Å²) >= 11 is 0. The van der Waals surface area contributed by atoms with Crippen LogP contribution in [0.4, 0.5) is 0 Å². The molecule has 0 saturated carbocycles. The summed E-state index contributed by atoms with van der Waals surface area (Å²) in [4.78, 5) is 4.92. The van der Waals surface area contributed by atoms with Crippen LogP contribution in [0.1, 0.15) is 27.2 Å². The van der Waals surface area contributed by atoms with Crippen molar-refractivity contribution in [2.75, 3.05) is 46.4 Å². The molecule has 3 nitrogen and oxygen atoms in total. The molecular weight excluding hydrogens is 200 g/mol. The van der Waals surface area contributed by atoms with Crippen LogP contribution in [-0.2, 0) is 4.74 Å². The minimum Gasteiger partial charge on any atom is -0.374 e. The molecule has 0 radical (unpaired) electrons. The monoisotopic (exact) mass is 228 g/mol. The number of hydrogen-bond acceptors (Lipinski definition) is 3. The van der Waals surface area contributed by atoms with E-state index in [4.69, 9.17) is 4.74 Å². The van der Waals surface area contributed by atoms with Crippen LogP contribution in [0.3, 0.4) is 0 Å². The minimum atomic E-state index is 0.407. The Hall–Kier alpha value is -0.120. The quantitative estimate of drug-likeness (QED) is 0.688. The summed E-state index contributed by atoms with van der Waals surface area (Å²) in [6.07, 6.45) is 1.63. The first-order chi connectivity index (χ1) is 7.61. The predicted octanol–water partition coefficient (Wildman–Crippen LogP) is 1.69. The van der Waals surface area contributed by atoms with E-state index in [1.54, 1.807) is 0 Å². The van der Waals surface area contributed by atoms with E-state index in [0.29, 0.717) is 6.10 Å². The molecule has 1 fully saturated rings. The van der Waals surface area contributed by atoms with Crippen LogP contribution >= 0.6 is 0 Å². The first-order valence-electron chi connectivity index (χ1n) is 6.64. The van der Waals surface area contributed by atoms with E-state index in [-0.39, 0.29) is 0 Å². The van der Waals surface area contributed by atoms with Crippen LogP contribution < -0.4 is 0 Å². The molecule has 1 saturated heterocycles. The topological polar surface area (TPSA) is 15.7 Å². The van der Waals surface area contributed by atoms with E-state index in [0.717, 1.165) is 32.2 Å². The van der Waals surface area contributed by atoms with Gasteiger partial charge in [-0.25, -0.2) is 0 Å². The van der Waals surface area contributed by atoms with Crippen molar-refractivity contribution < 1.29 is 4.74 Å². The highest BCUT2D eigenvalue weighted by atomic mass is 16.5. The molecular formula is C13H28N2O. The SMILES string of the molecule is CCCN(C)C[C@@H]1CN(CC(C)C)CCO1. The molecule has 1 rings (SSSR count). The Labute approximate surface area is 101 Å². The average Bonchev–Trinajstić information content (AvgIpc) is 2.17. The number of rotatable bonds is 6. The maximum Gasteiger partial charge on any atom is 0.0829 e. The van der Waals surface area contributed by atoms with E-state index in [1.165, 1.54) is 19.5 Å². The molecule has 0 unspecified atom stereocenters. The third kappa shape index (κ3) is 5.28. The summed E-state index contributed by atoms with van der Waals surface area (Å²) in [5.74, 6) is 0.757. The third-order valence-corrected chi connectivity index (χ3v) is 2.97. The molecule has 1 aliphatic heterocycles. The summed E-state index contributed by atoms with van der Waals surface area (Å²) < 4.78 is 5.82. The van der Waals surface area contributed by atoms with Crippen molar-refractivity contribution in [2.24, 2.45) is 5.92 Å². The van der Waals surface area contributed by atoms with Crippen molar-refractivity contribution in [1.29, 1.82) is 0 Å². The normalized spacial score (nSPS) is 23.2. The van der Waals surface area contributed by atoms with Gasteiger partial charge in [-0.05, 0) is 25.9 Å². The molecule has 0 amide bonds. The van der Waals surface area contributed by atoms with Crippen molar-refractivity contribution in [1.82, 2.24) is 9.80 Å². The first-order valence-corrected chi connectivity index (χ1v) is 6.64. The summed E-state index contributed by atoms with van der Waals surface area (Å²) in [7, 11) is 2.19. The molecule has 0 bridgehead atoms. The number of ether oxygens (including phenoxy) is 1. The molecule has 1 aliphatic rings. The Bertz CT molecular complexity index is 185. The van der Waals surface area contributed by atoms with E-state index in [9.17, 15) is 0 Å². The lowest BCUT2D eigenvalue weighted by atomic mass is 10.1. The Morgan fingerprint density at radius 2 is 2.19 bits per heavy atom. The summed E-state index contributed by atoms with van der Waals surface area (Å²) in [5.41, 5.74) is 0. The van der Waals surface area contributed by atoms with Crippen LogP contribution in [-0.4, -0.2) is 62.3 Å². The van der Waals surface area contributed by atoms with Gasteiger partial charge in [0.15, 0.2) is 0 Å². The molecule has 96 valence electrons. The van der Waals surface area contributed by atoms with Gasteiger partial charge in [-0.15, -0.1) is 0 Å². The Morgan fingerprint density at radius 3 is 2.81 bits per heavy atom. The maximum atomic E-state index is 5.82. The van der Waals surface area contributed by atoms with Gasteiger partial charge in [0.05, 0.1) is 12.7 Å². The fourth-order valence-corrected chi connectivity index (χ4v) is 2.39. The van der Waals surface area contributed by atoms with Crippen LogP contribution in [0, 0.1) is 5.92 Å². The minimum absolute atomic E-state index is 0.407. The van der Waals surface area contributed by atoms with Crippen LogP contribution in [0.25, 0.3) is 0 Å². The molecule has 1 atom stereocenters. The first kappa shape index (κ1) is 13.9. The van der Waals surface area contributed by atoms with Gasteiger partial charge < -0.3 is 9.64 Å². The highest BCUT2D eigenvalue weighted by molar-refractivity contribution is 4.74. The second-order valence-electron chi connectivity index (χ2n) is 5.41. The molecule has 3 heteroatoms. The molecule has 0 aromatic heterocycles. The van der Waals surface area contributed by atoms with Gasteiger partial charge in [0.25, 0.3) is 0 Å². The van der Waals surface area contributed by atoms with Crippen molar-refractivity contribution in [3.8, 4) is 0 Å². The number of likely N-dealkylation sites (N-methyl/N-ethyl adjacent to an activating group) is 1. The highest BCUT2D eigenvalue weighted by Gasteiger charge is 2.21. The molecule has 0 aliphatic carbocycles. The van der Waals surface area contributed by atoms with Crippen molar-refractivity contribution in [2.45, 2.75) is 33.3 Å². The van der Waals surface area contributed by atoms with Gasteiger partial charge in [-0.1, -0.05) is 20.8 Å². The summed E-state index contributed by atoms with van der Waals surface area (Å²) in [5, 5.41) is 0. The van der Waals surface area contributed by atoms with E-state index >= 15 is 0 Å². The fraction of sp³-hybridized carbons (Fsp3) is 1.00. The largest absolute Gasteiger partial charge is 0.374 e. The number of morpholine rings is 1. The molecule has 1 heterocycles. The fourth-order valence-electron chi connectivity index (χ4n) is 2.39. The van der Waals surface area contributed by atoms with Crippen molar-refractivity contribution in [3.63, 3.8) is 0 Å². The predicted molar refractivity (Wildman–Crippen MR) is 68.8 cm³/mol. The van der Waals surface area contributed by atoms with Crippen molar-refractivity contribution in [3.05, 3.63) is 0 Å². The second-order valence-corrected chi connectivity index (χ2v) is 5.41. The summed E-state index contributed by atoms with van der Waals surface area (Å²) in [6, 6.07) is 0.